The second-order valence-corrected chi connectivity index (χ2v) is 5.63. The number of aromatic nitrogens is 3. The summed E-state index contributed by atoms with van der Waals surface area (Å²) in [6.07, 6.45) is 0.125. The van der Waals surface area contributed by atoms with E-state index in [2.05, 4.69) is 66.4 Å². The highest BCUT2D eigenvalue weighted by Crippen LogP contribution is 2.28. The average Bonchev–Trinajstić information content (AvgIpc) is 2.92. The van der Waals surface area contributed by atoms with Gasteiger partial charge in [-0.1, -0.05) is 49.4 Å². The van der Waals surface area contributed by atoms with Crippen molar-refractivity contribution < 1.29 is 0 Å². The second-order valence-electron chi connectivity index (χ2n) is 5.63. The molecule has 21 heavy (non-hydrogen) atoms. The molecular formula is C17H20N4. The quantitative estimate of drug-likeness (QED) is 0.730. The minimum Gasteiger partial charge on any atom is -0.352 e. The molecule has 0 saturated carbocycles. The fraction of sp³-hybridized carbons (Fsp3) is 0.294. The Morgan fingerprint density at radius 3 is 2.33 bits per heavy atom. The number of hydrogen-bond donors (Lipinski definition) is 0. The Morgan fingerprint density at radius 1 is 0.952 bits per heavy atom. The maximum absolute atomic E-state index is 4.39. The molecule has 0 N–H and O–H groups in total. The Bertz CT molecular complexity index is 718. The SMILES string of the molecule is CC(C)C(N(C)c1ccccc1)n1nnc2ccccc21. The monoisotopic (exact) mass is 280 g/mol. The first-order chi connectivity index (χ1) is 10.2. The van der Waals surface area contributed by atoms with Crippen LogP contribution in [0, 0.1) is 5.92 Å². The van der Waals surface area contributed by atoms with E-state index in [1.807, 2.05) is 28.9 Å². The van der Waals surface area contributed by atoms with Crippen LogP contribution in [-0.2, 0) is 0 Å². The van der Waals surface area contributed by atoms with Crippen LogP contribution in [0.15, 0.2) is 54.6 Å². The molecule has 4 nitrogen and oxygen atoms in total. The van der Waals surface area contributed by atoms with Gasteiger partial charge in [-0.25, -0.2) is 4.68 Å². The zero-order chi connectivity index (χ0) is 14.8. The van der Waals surface area contributed by atoms with Gasteiger partial charge in [-0.15, -0.1) is 5.10 Å². The third kappa shape index (κ3) is 2.49. The highest BCUT2D eigenvalue weighted by molar-refractivity contribution is 5.74. The van der Waals surface area contributed by atoms with Gasteiger partial charge in [0.2, 0.25) is 0 Å². The summed E-state index contributed by atoms with van der Waals surface area (Å²) in [6.45, 7) is 4.42. The van der Waals surface area contributed by atoms with Crippen molar-refractivity contribution in [3.05, 3.63) is 54.6 Å². The molecule has 0 spiro atoms. The van der Waals surface area contributed by atoms with Crippen molar-refractivity contribution in [2.75, 3.05) is 11.9 Å². The predicted molar refractivity (Wildman–Crippen MR) is 86.2 cm³/mol. The molecular weight excluding hydrogens is 260 g/mol. The van der Waals surface area contributed by atoms with Crippen molar-refractivity contribution in [3.63, 3.8) is 0 Å². The lowest BCUT2D eigenvalue weighted by atomic mass is 10.1. The van der Waals surface area contributed by atoms with Gasteiger partial charge in [0, 0.05) is 12.7 Å². The van der Waals surface area contributed by atoms with Crippen LogP contribution in [0.2, 0.25) is 0 Å². The van der Waals surface area contributed by atoms with E-state index in [0.29, 0.717) is 5.92 Å². The van der Waals surface area contributed by atoms with Gasteiger partial charge in [0.1, 0.15) is 11.7 Å². The molecule has 1 unspecified atom stereocenters. The van der Waals surface area contributed by atoms with Gasteiger partial charge >= 0.3 is 0 Å². The van der Waals surface area contributed by atoms with Crippen LogP contribution in [0.3, 0.4) is 0 Å². The van der Waals surface area contributed by atoms with Crippen molar-refractivity contribution in [3.8, 4) is 0 Å². The Balaban J connectivity index is 2.06. The molecule has 3 rings (SSSR count). The van der Waals surface area contributed by atoms with Crippen molar-refractivity contribution in [1.82, 2.24) is 15.0 Å². The Kier molecular flexibility index (Phi) is 3.60. The van der Waals surface area contributed by atoms with Crippen molar-refractivity contribution >= 4 is 16.7 Å². The van der Waals surface area contributed by atoms with Crippen LogP contribution >= 0.6 is 0 Å². The molecule has 0 aliphatic heterocycles. The number of nitrogens with zero attached hydrogens (tertiary/aromatic N) is 4. The number of benzene rings is 2. The summed E-state index contributed by atoms with van der Waals surface area (Å²) in [5.74, 6) is 0.403. The number of anilines is 1. The molecule has 1 heterocycles. The summed E-state index contributed by atoms with van der Waals surface area (Å²) >= 11 is 0. The lowest BCUT2D eigenvalue weighted by Gasteiger charge is -2.33. The highest BCUT2D eigenvalue weighted by atomic mass is 15.5. The molecule has 4 heteroatoms. The highest BCUT2D eigenvalue weighted by Gasteiger charge is 2.23. The van der Waals surface area contributed by atoms with Crippen LogP contribution in [0.5, 0.6) is 0 Å². The molecule has 3 aromatic rings. The molecule has 1 atom stereocenters. The first kappa shape index (κ1) is 13.6. The largest absolute Gasteiger partial charge is 0.352 e. The van der Waals surface area contributed by atoms with Gasteiger partial charge in [0.15, 0.2) is 0 Å². The summed E-state index contributed by atoms with van der Waals surface area (Å²) in [5.41, 5.74) is 3.18. The summed E-state index contributed by atoms with van der Waals surface area (Å²) in [6, 6.07) is 18.5. The van der Waals surface area contributed by atoms with Crippen LogP contribution in [-0.4, -0.2) is 22.0 Å². The Morgan fingerprint density at radius 2 is 1.62 bits per heavy atom. The zero-order valence-electron chi connectivity index (χ0n) is 12.6. The smallest absolute Gasteiger partial charge is 0.127 e. The fourth-order valence-corrected chi connectivity index (χ4v) is 2.79. The third-order valence-corrected chi connectivity index (χ3v) is 3.78. The maximum atomic E-state index is 4.39. The van der Waals surface area contributed by atoms with E-state index in [-0.39, 0.29) is 6.17 Å². The summed E-state index contributed by atoms with van der Waals surface area (Å²) < 4.78 is 2.02. The van der Waals surface area contributed by atoms with Gasteiger partial charge in [-0.05, 0) is 30.2 Å². The van der Waals surface area contributed by atoms with Crippen LogP contribution in [0.1, 0.15) is 20.0 Å². The lowest BCUT2D eigenvalue weighted by molar-refractivity contribution is 0.345. The van der Waals surface area contributed by atoms with E-state index in [1.54, 1.807) is 0 Å². The van der Waals surface area contributed by atoms with E-state index in [4.69, 9.17) is 0 Å². The molecule has 0 saturated heterocycles. The van der Waals surface area contributed by atoms with Gasteiger partial charge in [-0.3, -0.25) is 0 Å². The van der Waals surface area contributed by atoms with Crippen LogP contribution in [0.25, 0.3) is 11.0 Å². The topological polar surface area (TPSA) is 34.0 Å². The van der Waals surface area contributed by atoms with E-state index in [9.17, 15) is 0 Å². The van der Waals surface area contributed by atoms with Crippen LogP contribution < -0.4 is 4.90 Å². The number of para-hydroxylation sites is 2. The Labute approximate surface area is 125 Å². The molecule has 1 aromatic heterocycles. The van der Waals surface area contributed by atoms with Crippen molar-refractivity contribution in [1.29, 1.82) is 0 Å². The molecule has 108 valence electrons. The normalized spacial score (nSPS) is 12.8. The van der Waals surface area contributed by atoms with E-state index >= 15 is 0 Å². The maximum Gasteiger partial charge on any atom is 0.127 e. The molecule has 0 aliphatic carbocycles. The molecule has 0 fully saturated rings. The first-order valence-electron chi connectivity index (χ1n) is 7.26. The first-order valence-corrected chi connectivity index (χ1v) is 7.26. The molecule has 0 bridgehead atoms. The molecule has 0 amide bonds. The van der Waals surface area contributed by atoms with Gasteiger partial charge in [0.25, 0.3) is 0 Å². The zero-order valence-corrected chi connectivity index (χ0v) is 12.6. The fourth-order valence-electron chi connectivity index (χ4n) is 2.79. The third-order valence-electron chi connectivity index (χ3n) is 3.78. The summed E-state index contributed by atoms with van der Waals surface area (Å²) in [5, 5.41) is 8.67. The number of rotatable bonds is 4. The Hall–Kier alpha value is -2.36. The van der Waals surface area contributed by atoms with E-state index in [1.165, 1.54) is 5.69 Å². The number of hydrogen-bond acceptors (Lipinski definition) is 3. The van der Waals surface area contributed by atoms with E-state index < -0.39 is 0 Å². The van der Waals surface area contributed by atoms with Crippen molar-refractivity contribution in [2.24, 2.45) is 5.92 Å². The summed E-state index contributed by atoms with van der Waals surface area (Å²) in [7, 11) is 2.11. The van der Waals surface area contributed by atoms with Gasteiger partial charge < -0.3 is 4.90 Å². The predicted octanol–water partition coefficient (Wildman–Crippen LogP) is 3.72. The van der Waals surface area contributed by atoms with E-state index in [0.717, 1.165) is 11.0 Å². The minimum absolute atomic E-state index is 0.125. The van der Waals surface area contributed by atoms with Crippen LogP contribution in [0.4, 0.5) is 5.69 Å². The average molecular weight is 280 g/mol. The molecule has 2 aromatic carbocycles. The van der Waals surface area contributed by atoms with Gasteiger partial charge in [0.05, 0.1) is 5.52 Å². The van der Waals surface area contributed by atoms with Gasteiger partial charge in [-0.2, -0.15) is 0 Å². The number of fused-ring (bicyclic) bond motifs is 1. The summed E-state index contributed by atoms with van der Waals surface area (Å²) in [4.78, 5) is 2.26. The second kappa shape index (κ2) is 5.56. The molecule has 0 aliphatic rings. The minimum atomic E-state index is 0.125. The molecule has 0 radical (unpaired) electrons. The lowest BCUT2D eigenvalue weighted by Crippen LogP contribution is -2.33. The van der Waals surface area contributed by atoms with Crippen molar-refractivity contribution in [2.45, 2.75) is 20.0 Å². The standard InChI is InChI=1S/C17H20N4/c1-13(2)17(20(3)14-9-5-4-6-10-14)21-16-12-8-7-11-15(16)18-19-21/h4-13,17H,1-3H3.